The molecule has 0 spiro atoms. The molecule has 0 aromatic heterocycles. The molecule has 18 heavy (non-hydrogen) atoms. The smallest absolute Gasteiger partial charge is 0.280 e. The summed E-state index contributed by atoms with van der Waals surface area (Å²) >= 11 is 0. The van der Waals surface area contributed by atoms with Crippen molar-refractivity contribution < 1.29 is 9.72 Å². The van der Waals surface area contributed by atoms with E-state index < -0.39 is 4.92 Å². The molecule has 2 aromatic rings. The van der Waals surface area contributed by atoms with Gasteiger partial charge in [0.1, 0.15) is 5.56 Å². The van der Waals surface area contributed by atoms with E-state index in [4.69, 9.17) is 0 Å². The number of nitrogens with zero attached hydrogens (tertiary/aromatic N) is 1. The van der Waals surface area contributed by atoms with Crippen LogP contribution < -0.4 is 0 Å². The number of hydrogen-bond donors (Lipinski definition) is 0. The lowest BCUT2D eigenvalue weighted by molar-refractivity contribution is -0.385. The lowest BCUT2D eigenvalue weighted by Crippen LogP contribution is -2.05. The lowest BCUT2D eigenvalue weighted by atomic mass is 10.0. The van der Waals surface area contributed by atoms with Gasteiger partial charge < -0.3 is 0 Å². The van der Waals surface area contributed by atoms with Gasteiger partial charge in [-0.1, -0.05) is 35.9 Å². The monoisotopic (exact) mass is 241 g/mol. The second kappa shape index (κ2) is 4.79. The topological polar surface area (TPSA) is 60.2 Å². The maximum absolute atomic E-state index is 12.2. The zero-order valence-corrected chi connectivity index (χ0v) is 9.79. The highest BCUT2D eigenvalue weighted by molar-refractivity contribution is 6.11. The summed E-state index contributed by atoms with van der Waals surface area (Å²) in [6, 6.07) is 13.0. The number of hydrogen-bond acceptors (Lipinski definition) is 3. The quantitative estimate of drug-likeness (QED) is 0.471. The summed E-state index contributed by atoms with van der Waals surface area (Å²) in [5.74, 6) is -0.328. The highest BCUT2D eigenvalue weighted by Crippen LogP contribution is 2.21. The van der Waals surface area contributed by atoms with Gasteiger partial charge in [-0.05, 0) is 19.1 Å². The minimum absolute atomic E-state index is 0.119. The molecular formula is C14H11NO3. The van der Waals surface area contributed by atoms with Gasteiger partial charge in [0, 0.05) is 11.6 Å². The maximum atomic E-state index is 12.2. The van der Waals surface area contributed by atoms with Gasteiger partial charge in [-0.3, -0.25) is 14.9 Å². The summed E-state index contributed by atoms with van der Waals surface area (Å²) in [6.07, 6.45) is 0. The number of para-hydroxylation sites is 1. The second-order valence-electron chi connectivity index (χ2n) is 3.97. The van der Waals surface area contributed by atoms with Crippen LogP contribution in [0.25, 0.3) is 0 Å². The first-order chi connectivity index (χ1) is 8.59. The number of carbonyl (C=O) groups excluding carboxylic acids is 1. The molecule has 0 amide bonds. The molecule has 0 N–H and O–H groups in total. The van der Waals surface area contributed by atoms with Crippen molar-refractivity contribution in [3.8, 4) is 0 Å². The Labute approximate surface area is 104 Å². The van der Waals surface area contributed by atoms with E-state index in [9.17, 15) is 14.9 Å². The molecule has 0 aliphatic carbocycles. The molecule has 0 saturated carbocycles. The molecule has 0 aliphatic heterocycles. The summed E-state index contributed by atoms with van der Waals surface area (Å²) < 4.78 is 0. The molecule has 0 heterocycles. The minimum atomic E-state index is -0.539. The Kier molecular flexibility index (Phi) is 3.19. The number of nitro benzene ring substituents is 1. The molecule has 0 radical (unpaired) electrons. The Balaban J connectivity index is 2.50. The van der Waals surface area contributed by atoms with Gasteiger partial charge in [-0.2, -0.15) is 0 Å². The summed E-state index contributed by atoms with van der Waals surface area (Å²) in [5.41, 5.74) is 1.36. The zero-order chi connectivity index (χ0) is 13.1. The van der Waals surface area contributed by atoms with Crippen LogP contribution >= 0.6 is 0 Å². The Morgan fingerprint density at radius 1 is 1.11 bits per heavy atom. The number of aryl methyl sites for hydroxylation is 1. The van der Waals surface area contributed by atoms with Crippen LogP contribution in [0.1, 0.15) is 21.5 Å². The van der Waals surface area contributed by atoms with E-state index in [2.05, 4.69) is 0 Å². The summed E-state index contributed by atoms with van der Waals surface area (Å²) in [7, 11) is 0. The molecule has 0 bridgehead atoms. The van der Waals surface area contributed by atoms with Gasteiger partial charge in [-0.15, -0.1) is 0 Å². The average Bonchev–Trinajstić information content (AvgIpc) is 2.38. The fraction of sp³-hybridized carbons (Fsp3) is 0.0714. The van der Waals surface area contributed by atoms with Crippen LogP contribution in [0.15, 0.2) is 48.5 Å². The first kappa shape index (κ1) is 12.0. The molecule has 2 rings (SSSR count). The molecular weight excluding hydrogens is 230 g/mol. The minimum Gasteiger partial charge on any atom is -0.288 e. The highest BCUT2D eigenvalue weighted by atomic mass is 16.6. The van der Waals surface area contributed by atoms with Crippen LogP contribution in [0.3, 0.4) is 0 Å². The SMILES string of the molecule is Cc1cccc(C(=O)c2ccccc2[N+](=O)[O-])c1. The van der Waals surface area contributed by atoms with Gasteiger partial charge in [0.15, 0.2) is 5.78 Å². The van der Waals surface area contributed by atoms with Crippen LogP contribution in [-0.2, 0) is 0 Å². The van der Waals surface area contributed by atoms with Crippen molar-refractivity contribution in [2.45, 2.75) is 6.92 Å². The molecule has 0 aliphatic rings. The number of nitro groups is 1. The number of ketones is 1. The third kappa shape index (κ3) is 2.27. The third-order valence-corrected chi connectivity index (χ3v) is 2.63. The summed E-state index contributed by atoms with van der Waals surface area (Å²) in [6.45, 7) is 1.87. The van der Waals surface area contributed by atoms with Crippen molar-refractivity contribution in [1.82, 2.24) is 0 Å². The largest absolute Gasteiger partial charge is 0.288 e. The van der Waals surface area contributed by atoms with Gasteiger partial charge in [0.05, 0.1) is 4.92 Å². The van der Waals surface area contributed by atoms with Gasteiger partial charge in [-0.25, -0.2) is 0 Å². The Morgan fingerprint density at radius 3 is 2.50 bits per heavy atom. The average molecular weight is 241 g/mol. The van der Waals surface area contributed by atoms with Gasteiger partial charge >= 0.3 is 0 Å². The van der Waals surface area contributed by atoms with E-state index in [1.807, 2.05) is 13.0 Å². The van der Waals surface area contributed by atoms with Crippen LogP contribution in [-0.4, -0.2) is 10.7 Å². The van der Waals surface area contributed by atoms with Crippen LogP contribution in [0.5, 0.6) is 0 Å². The van der Waals surface area contributed by atoms with E-state index in [0.717, 1.165) is 5.56 Å². The Bertz CT molecular complexity index is 620. The number of rotatable bonds is 3. The van der Waals surface area contributed by atoms with Gasteiger partial charge in [0.2, 0.25) is 0 Å². The van der Waals surface area contributed by atoms with Crippen molar-refractivity contribution in [3.63, 3.8) is 0 Å². The lowest BCUT2D eigenvalue weighted by Gasteiger charge is -2.03. The second-order valence-corrected chi connectivity index (χ2v) is 3.97. The fourth-order valence-corrected chi connectivity index (χ4v) is 1.77. The van der Waals surface area contributed by atoms with E-state index in [0.29, 0.717) is 5.56 Å². The first-order valence-electron chi connectivity index (χ1n) is 5.44. The predicted octanol–water partition coefficient (Wildman–Crippen LogP) is 3.13. The van der Waals surface area contributed by atoms with Gasteiger partial charge in [0.25, 0.3) is 5.69 Å². The van der Waals surface area contributed by atoms with E-state index in [-0.39, 0.29) is 17.0 Å². The van der Waals surface area contributed by atoms with Crippen LogP contribution in [0.2, 0.25) is 0 Å². The molecule has 90 valence electrons. The normalized spacial score (nSPS) is 10.1. The molecule has 0 fully saturated rings. The summed E-state index contributed by atoms with van der Waals surface area (Å²) in [5, 5.41) is 10.9. The molecule has 0 saturated heterocycles. The third-order valence-electron chi connectivity index (χ3n) is 2.63. The Hall–Kier alpha value is -2.49. The maximum Gasteiger partial charge on any atom is 0.280 e. The van der Waals surface area contributed by atoms with Crippen molar-refractivity contribution in [2.75, 3.05) is 0 Å². The predicted molar refractivity (Wildman–Crippen MR) is 67.7 cm³/mol. The summed E-state index contributed by atoms with van der Waals surface area (Å²) in [4.78, 5) is 22.6. The van der Waals surface area contributed by atoms with E-state index in [1.165, 1.54) is 12.1 Å². The molecule has 0 atom stereocenters. The van der Waals surface area contributed by atoms with Crippen molar-refractivity contribution in [2.24, 2.45) is 0 Å². The fourth-order valence-electron chi connectivity index (χ4n) is 1.77. The molecule has 4 nitrogen and oxygen atoms in total. The van der Waals surface area contributed by atoms with E-state index in [1.54, 1.807) is 30.3 Å². The number of carbonyl (C=O) groups is 1. The van der Waals surface area contributed by atoms with Crippen molar-refractivity contribution in [3.05, 3.63) is 75.3 Å². The molecule has 0 unspecified atom stereocenters. The highest BCUT2D eigenvalue weighted by Gasteiger charge is 2.20. The van der Waals surface area contributed by atoms with Crippen LogP contribution in [0, 0.1) is 17.0 Å². The van der Waals surface area contributed by atoms with Crippen LogP contribution in [0.4, 0.5) is 5.69 Å². The molecule has 4 heteroatoms. The standard InChI is InChI=1S/C14H11NO3/c1-10-5-4-6-11(9-10)14(16)12-7-2-3-8-13(12)15(17)18/h2-9H,1H3. The van der Waals surface area contributed by atoms with Crippen molar-refractivity contribution >= 4 is 11.5 Å². The molecule has 2 aromatic carbocycles. The first-order valence-corrected chi connectivity index (χ1v) is 5.44. The Morgan fingerprint density at radius 2 is 1.83 bits per heavy atom. The van der Waals surface area contributed by atoms with Crippen molar-refractivity contribution in [1.29, 1.82) is 0 Å². The van der Waals surface area contributed by atoms with E-state index >= 15 is 0 Å². The number of benzene rings is 2. The zero-order valence-electron chi connectivity index (χ0n) is 9.79.